The predicted molar refractivity (Wildman–Crippen MR) is 160 cm³/mol. The van der Waals surface area contributed by atoms with Gasteiger partial charge < -0.3 is 10.1 Å². The number of benzene rings is 2. The van der Waals surface area contributed by atoms with Crippen molar-refractivity contribution in [2.45, 2.75) is 58.7 Å². The standard InChI is InChI=1S/C33H32N4O3S/c1-20-12-13-23-25(17-34)32(41-29(23)16-20)36-31(38)21(2)40-33(39)30-24-10-6-7-11-27(24)35-28-14-15-37(19-26(28)30)18-22-8-4-3-5-9-22/h3-11,20-21H,12-16,18-19H2,1-2H3,(H,36,38). The highest BCUT2D eigenvalue weighted by atomic mass is 32.1. The van der Waals surface area contributed by atoms with E-state index in [1.54, 1.807) is 6.92 Å². The Morgan fingerprint density at radius 3 is 2.73 bits per heavy atom. The highest BCUT2D eigenvalue weighted by Crippen LogP contribution is 2.39. The van der Waals surface area contributed by atoms with Crippen molar-refractivity contribution in [3.05, 3.63) is 93.0 Å². The summed E-state index contributed by atoms with van der Waals surface area (Å²) in [6, 6.07) is 20.1. The molecule has 8 heteroatoms. The third kappa shape index (κ3) is 5.48. The summed E-state index contributed by atoms with van der Waals surface area (Å²) in [6.45, 7) is 5.96. The highest BCUT2D eigenvalue weighted by molar-refractivity contribution is 7.16. The molecule has 2 aliphatic rings. The Bertz CT molecular complexity index is 1670. The summed E-state index contributed by atoms with van der Waals surface area (Å²) in [5.41, 5.74) is 5.76. The van der Waals surface area contributed by atoms with Crippen molar-refractivity contribution in [2.75, 3.05) is 11.9 Å². The van der Waals surface area contributed by atoms with Gasteiger partial charge in [-0.3, -0.25) is 14.7 Å². The van der Waals surface area contributed by atoms with Crippen molar-refractivity contribution in [1.82, 2.24) is 9.88 Å². The number of nitrogens with zero attached hydrogens (tertiary/aromatic N) is 3. The molecule has 0 bridgehead atoms. The number of para-hydroxylation sites is 1. The molecule has 1 amide bonds. The van der Waals surface area contributed by atoms with Gasteiger partial charge in [0.25, 0.3) is 5.91 Å². The Balaban J connectivity index is 1.24. The number of nitrogens with one attached hydrogen (secondary N) is 1. The van der Waals surface area contributed by atoms with Gasteiger partial charge in [-0.2, -0.15) is 5.26 Å². The second kappa shape index (κ2) is 11.4. The number of pyridine rings is 1. The Morgan fingerprint density at radius 1 is 1.15 bits per heavy atom. The Labute approximate surface area is 243 Å². The van der Waals surface area contributed by atoms with E-state index >= 15 is 0 Å². The number of carbonyl (C=O) groups excluding carboxylic acids is 2. The van der Waals surface area contributed by atoms with Crippen molar-refractivity contribution in [3.8, 4) is 6.07 Å². The molecule has 3 heterocycles. The van der Waals surface area contributed by atoms with Gasteiger partial charge in [0.1, 0.15) is 11.1 Å². The lowest BCUT2D eigenvalue weighted by molar-refractivity contribution is -0.123. The summed E-state index contributed by atoms with van der Waals surface area (Å²) >= 11 is 1.46. The smallest absolute Gasteiger partial charge is 0.339 e. The minimum absolute atomic E-state index is 0.445. The summed E-state index contributed by atoms with van der Waals surface area (Å²) in [5, 5.41) is 14.0. The van der Waals surface area contributed by atoms with E-state index in [2.05, 4.69) is 35.3 Å². The molecule has 2 aromatic carbocycles. The van der Waals surface area contributed by atoms with Crippen LogP contribution in [0.3, 0.4) is 0 Å². The summed E-state index contributed by atoms with van der Waals surface area (Å²) in [6.07, 6.45) is 2.47. The fourth-order valence-electron chi connectivity index (χ4n) is 5.90. The number of anilines is 1. The maximum Gasteiger partial charge on any atom is 0.339 e. The van der Waals surface area contributed by atoms with Crippen molar-refractivity contribution < 1.29 is 14.3 Å². The van der Waals surface area contributed by atoms with E-state index in [0.29, 0.717) is 28.6 Å². The molecular formula is C33H32N4O3S. The van der Waals surface area contributed by atoms with Gasteiger partial charge in [-0.05, 0) is 49.3 Å². The van der Waals surface area contributed by atoms with Crippen LogP contribution in [-0.4, -0.2) is 34.4 Å². The van der Waals surface area contributed by atoms with Crippen LogP contribution in [-0.2, 0) is 41.9 Å². The first-order chi connectivity index (χ1) is 19.9. The number of nitriles is 1. The zero-order chi connectivity index (χ0) is 28.5. The van der Waals surface area contributed by atoms with Crippen LogP contribution in [0.25, 0.3) is 10.9 Å². The molecule has 2 aromatic heterocycles. The zero-order valence-corrected chi connectivity index (χ0v) is 24.1. The van der Waals surface area contributed by atoms with Gasteiger partial charge in [0.15, 0.2) is 6.10 Å². The van der Waals surface area contributed by atoms with Crippen molar-refractivity contribution in [1.29, 1.82) is 5.26 Å². The largest absolute Gasteiger partial charge is 0.449 e. The van der Waals surface area contributed by atoms with Crippen LogP contribution in [0.5, 0.6) is 0 Å². The number of aromatic nitrogens is 1. The molecule has 1 N–H and O–H groups in total. The average molecular weight is 565 g/mol. The van der Waals surface area contributed by atoms with E-state index in [4.69, 9.17) is 9.72 Å². The third-order valence-electron chi connectivity index (χ3n) is 8.09. The number of thiophene rings is 1. The van der Waals surface area contributed by atoms with Crippen LogP contribution in [0.1, 0.15) is 63.5 Å². The first-order valence-electron chi connectivity index (χ1n) is 14.1. The number of carbonyl (C=O) groups is 2. The Hall–Kier alpha value is -4.06. The van der Waals surface area contributed by atoms with E-state index in [1.807, 2.05) is 42.5 Å². The topological polar surface area (TPSA) is 95.3 Å². The second-order valence-electron chi connectivity index (χ2n) is 11.1. The monoisotopic (exact) mass is 564 g/mol. The van der Waals surface area contributed by atoms with Crippen LogP contribution in [0.15, 0.2) is 54.6 Å². The van der Waals surface area contributed by atoms with Gasteiger partial charge in [0.2, 0.25) is 0 Å². The minimum Gasteiger partial charge on any atom is -0.449 e. The molecule has 0 saturated heterocycles. The second-order valence-corrected chi connectivity index (χ2v) is 12.2. The van der Waals surface area contributed by atoms with Gasteiger partial charge in [-0.25, -0.2) is 4.79 Å². The molecule has 6 rings (SSSR count). The Morgan fingerprint density at radius 2 is 1.93 bits per heavy atom. The number of rotatable bonds is 6. The average Bonchev–Trinajstić information content (AvgIpc) is 3.32. The molecule has 41 heavy (non-hydrogen) atoms. The van der Waals surface area contributed by atoms with Crippen LogP contribution in [0.4, 0.5) is 5.00 Å². The van der Waals surface area contributed by atoms with Crippen LogP contribution < -0.4 is 5.32 Å². The van der Waals surface area contributed by atoms with E-state index in [1.165, 1.54) is 16.9 Å². The van der Waals surface area contributed by atoms with Crippen LogP contribution >= 0.6 is 11.3 Å². The molecule has 2 atom stereocenters. The number of esters is 1. The number of hydrogen-bond acceptors (Lipinski definition) is 7. The first kappa shape index (κ1) is 27.1. The molecule has 0 saturated carbocycles. The van der Waals surface area contributed by atoms with Gasteiger partial charge in [0, 0.05) is 47.6 Å². The van der Waals surface area contributed by atoms with Gasteiger partial charge in [-0.1, -0.05) is 55.5 Å². The molecule has 7 nitrogen and oxygen atoms in total. The summed E-state index contributed by atoms with van der Waals surface area (Å²) in [4.78, 5) is 35.4. The SMILES string of the molecule is CC1CCc2c(sc(NC(=O)C(C)OC(=O)c3c4c(nc5ccccc35)CCN(Cc3ccccc3)C4)c2C#N)C1. The summed E-state index contributed by atoms with van der Waals surface area (Å²) in [5.74, 6) is -0.427. The van der Waals surface area contributed by atoms with Crippen molar-refractivity contribution in [3.63, 3.8) is 0 Å². The van der Waals surface area contributed by atoms with Crippen molar-refractivity contribution in [2.24, 2.45) is 5.92 Å². The molecule has 0 radical (unpaired) electrons. The van der Waals surface area contributed by atoms with Crippen LogP contribution in [0.2, 0.25) is 0 Å². The molecule has 0 spiro atoms. The minimum atomic E-state index is -1.04. The van der Waals surface area contributed by atoms with Gasteiger partial charge in [-0.15, -0.1) is 11.3 Å². The summed E-state index contributed by atoms with van der Waals surface area (Å²) in [7, 11) is 0. The number of hydrogen-bond donors (Lipinski definition) is 1. The number of ether oxygens (including phenoxy) is 1. The molecule has 1 aliphatic heterocycles. The fourth-order valence-corrected chi connectivity index (χ4v) is 7.26. The van der Waals surface area contributed by atoms with Crippen molar-refractivity contribution >= 4 is 39.1 Å². The predicted octanol–water partition coefficient (Wildman–Crippen LogP) is 6.04. The number of fused-ring (bicyclic) bond motifs is 3. The quantitative estimate of drug-likeness (QED) is 0.287. The summed E-state index contributed by atoms with van der Waals surface area (Å²) < 4.78 is 5.82. The molecule has 4 aromatic rings. The molecule has 208 valence electrons. The number of amides is 1. The Kier molecular flexibility index (Phi) is 7.57. The normalized spacial score (nSPS) is 17.2. The molecular weight excluding hydrogens is 532 g/mol. The zero-order valence-electron chi connectivity index (χ0n) is 23.3. The van der Waals surface area contributed by atoms with E-state index < -0.39 is 18.0 Å². The maximum atomic E-state index is 13.8. The highest BCUT2D eigenvalue weighted by Gasteiger charge is 2.30. The molecule has 1 aliphatic carbocycles. The van der Waals surface area contributed by atoms with E-state index in [0.717, 1.165) is 71.4 Å². The van der Waals surface area contributed by atoms with E-state index in [9.17, 15) is 14.9 Å². The molecule has 2 unspecified atom stereocenters. The lowest BCUT2D eigenvalue weighted by Crippen LogP contribution is -2.34. The first-order valence-corrected chi connectivity index (χ1v) is 15.0. The lowest BCUT2D eigenvalue weighted by atomic mass is 9.88. The molecule has 0 fully saturated rings. The van der Waals surface area contributed by atoms with Gasteiger partial charge in [0.05, 0.1) is 16.6 Å². The van der Waals surface area contributed by atoms with Gasteiger partial charge >= 0.3 is 5.97 Å². The third-order valence-corrected chi connectivity index (χ3v) is 9.26. The maximum absolute atomic E-state index is 13.8. The van der Waals surface area contributed by atoms with E-state index in [-0.39, 0.29) is 0 Å². The van der Waals surface area contributed by atoms with Crippen LogP contribution in [0, 0.1) is 17.2 Å². The lowest BCUT2D eigenvalue weighted by Gasteiger charge is -2.30. The fraction of sp³-hybridized carbons (Fsp3) is 0.333.